The SMILES string of the molecule is CCOc1ccc(-n2c(C)cc(/C=C(\C#N)C(=O)OCC(=O)N(CCC#N)CCC#N)c2C)cc1. The van der Waals surface area contributed by atoms with Gasteiger partial charge in [0.05, 0.1) is 31.6 Å². The Kier molecular flexibility index (Phi) is 10.1. The molecule has 0 radical (unpaired) electrons. The van der Waals surface area contributed by atoms with Crippen molar-refractivity contribution in [3.05, 3.63) is 52.9 Å². The van der Waals surface area contributed by atoms with Gasteiger partial charge in [0.1, 0.15) is 17.4 Å². The largest absolute Gasteiger partial charge is 0.494 e. The van der Waals surface area contributed by atoms with Crippen LogP contribution in [0.3, 0.4) is 0 Å². The zero-order chi connectivity index (χ0) is 25.8. The van der Waals surface area contributed by atoms with Crippen molar-refractivity contribution in [2.75, 3.05) is 26.3 Å². The van der Waals surface area contributed by atoms with Gasteiger partial charge in [0, 0.05) is 30.2 Å². The zero-order valence-corrected chi connectivity index (χ0v) is 20.1. The smallest absolute Gasteiger partial charge is 0.349 e. The number of aromatic nitrogens is 1. The Labute approximate surface area is 205 Å². The van der Waals surface area contributed by atoms with Crippen LogP contribution in [0, 0.1) is 47.8 Å². The lowest BCUT2D eigenvalue weighted by Crippen LogP contribution is -2.36. The van der Waals surface area contributed by atoms with Crippen LogP contribution < -0.4 is 4.74 Å². The van der Waals surface area contributed by atoms with Gasteiger partial charge in [-0.25, -0.2) is 4.79 Å². The van der Waals surface area contributed by atoms with Crippen LogP contribution in [0.2, 0.25) is 0 Å². The van der Waals surface area contributed by atoms with Gasteiger partial charge in [0.15, 0.2) is 6.61 Å². The summed E-state index contributed by atoms with van der Waals surface area (Å²) < 4.78 is 12.5. The number of nitrogens with zero attached hydrogens (tertiary/aromatic N) is 5. The van der Waals surface area contributed by atoms with Crippen molar-refractivity contribution in [1.29, 1.82) is 15.8 Å². The molecule has 1 heterocycles. The summed E-state index contributed by atoms with van der Waals surface area (Å²) in [6.07, 6.45) is 1.63. The molecule has 2 aromatic rings. The highest BCUT2D eigenvalue weighted by Gasteiger charge is 2.19. The Morgan fingerprint density at radius 2 is 1.69 bits per heavy atom. The van der Waals surface area contributed by atoms with Gasteiger partial charge < -0.3 is 18.9 Å². The molecule has 9 heteroatoms. The van der Waals surface area contributed by atoms with Crippen LogP contribution in [0.4, 0.5) is 0 Å². The number of hydrogen-bond donors (Lipinski definition) is 0. The van der Waals surface area contributed by atoms with Crippen molar-refractivity contribution in [3.63, 3.8) is 0 Å². The minimum absolute atomic E-state index is 0.0957. The standard InChI is InChI=1S/C26H27N5O4/c1-4-34-24-9-7-23(8-10-24)31-19(2)15-21(20(31)3)16-22(17-29)26(33)35-18-25(32)30(13-5-11-27)14-6-12-28/h7-10,15-16H,4-6,13-14,18H2,1-3H3/b22-16+. The van der Waals surface area contributed by atoms with Gasteiger partial charge in [0.2, 0.25) is 0 Å². The van der Waals surface area contributed by atoms with Gasteiger partial charge in [-0.15, -0.1) is 0 Å². The topological polar surface area (TPSA) is 132 Å². The van der Waals surface area contributed by atoms with E-state index in [1.165, 1.54) is 11.0 Å². The molecular formula is C26H27N5O4. The molecule has 1 aromatic carbocycles. The fourth-order valence-corrected chi connectivity index (χ4v) is 3.51. The maximum Gasteiger partial charge on any atom is 0.349 e. The van der Waals surface area contributed by atoms with E-state index < -0.39 is 18.5 Å². The van der Waals surface area contributed by atoms with Crippen LogP contribution >= 0.6 is 0 Å². The van der Waals surface area contributed by atoms with E-state index in [9.17, 15) is 14.9 Å². The molecule has 0 fully saturated rings. The summed E-state index contributed by atoms with van der Waals surface area (Å²) in [7, 11) is 0. The number of amides is 1. The molecule has 0 aliphatic rings. The molecule has 9 nitrogen and oxygen atoms in total. The van der Waals surface area contributed by atoms with E-state index in [1.54, 1.807) is 0 Å². The molecule has 2 rings (SSSR count). The van der Waals surface area contributed by atoms with E-state index in [-0.39, 0.29) is 31.5 Å². The van der Waals surface area contributed by atoms with Crippen molar-refractivity contribution < 1.29 is 19.1 Å². The van der Waals surface area contributed by atoms with E-state index in [0.29, 0.717) is 12.2 Å². The maximum atomic E-state index is 12.5. The van der Waals surface area contributed by atoms with Gasteiger partial charge in [-0.3, -0.25) is 4.79 Å². The van der Waals surface area contributed by atoms with Crippen molar-refractivity contribution in [2.24, 2.45) is 0 Å². The molecule has 1 amide bonds. The van der Waals surface area contributed by atoms with Crippen LogP contribution in [0.5, 0.6) is 5.75 Å². The van der Waals surface area contributed by atoms with Crippen LogP contribution in [-0.2, 0) is 14.3 Å². The number of aryl methyl sites for hydroxylation is 1. The third-order valence-corrected chi connectivity index (χ3v) is 5.18. The molecule has 0 aliphatic heterocycles. The van der Waals surface area contributed by atoms with Crippen LogP contribution in [0.15, 0.2) is 35.9 Å². The summed E-state index contributed by atoms with van der Waals surface area (Å²) in [5.41, 5.74) is 3.06. The molecule has 180 valence electrons. The lowest BCUT2D eigenvalue weighted by molar-refractivity contribution is -0.148. The Balaban J connectivity index is 2.17. The second kappa shape index (κ2) is 13.2. The summed E-state index contributed by atoms with van der Waals surface area (Å²) in [6, 6.07) is 15.2. The Bertz CT molecular complexity index is 1190. The summed E-state index contributed by atoms with van der Waals surface area (Å²) >= 11 is 0. The number of carbonyl (C=O) groups excluding carboxylic acids is 2. The van der Waals surface area contributed by atoms with Gasteiger partial charge in [-0.1, -0.05) is 0 Å². The van der Waals surface area contributed by atoms with Gasteiger partial charge in [-0.05, 0) is 62.7 Å². The van der Waals surface area contributed by atoms with Gasteiger partial charge in [-0.2, -0.15) is 15.8 Å². The van der Waals surface area contributed by atoms with E-state index >= 15 is 0 Å². The molecular weight excluding hydrogens is 446 g/mol. The number of carbonyl (C=O) groups is 2. The van der Waals surface area contributed by atoms with Crippen LogP contribution in [0.25, 0.3) is 11.8 Å². The van der Waals surface area contributed by atoms with Gasteiger partial charge in [0.25, 0.3) is 5.91 Å². The summed E-state index contributed by atoms with van der Waals surface area (Å²) in [5, 5.41) is 27.0. The van der Waals surface area contributed by atoms with Crippen LogP contribution in [0.1, 0.15) is 36.7 Å². The summed E-state index contributed by atoms with van der Waals surface area (Å²) in [5.74, 6) is -0.691. The molecule has 0 bridgehead atoms. The molecule has 0 spiro atoms. The first-order valence-electron chi connectivity index (χ1n) is 11.1. The molecule has 0 saturated carbocycles. The van der Waals surface area contributed by atoms with E-state index in [2.05, 4.69) is 0 Å². The van der Waals surface area contributed by atoms with E-state index in [0.717, 1.165) is 22.8 Å². The normalized spacial score (nSPS) is 10.6. The average molecular weight is 474 g/mol. The highest BCUT2D eigenvalue weighted by molar-refractivity contribution is 5.99. The maximum absolute atomic E-state index is 12.5. The Morgan fingerprint density at radius 1 is 1.06 bits per heavy atom. The number of esters is 1. The first-order chi connectivity index (χ1) is 16.9. The Morgan fingerprint density at radius 3 is 2.23 bits per heavy atom. The first kappa shape index (κ1) is 26.7. The lowest BCUT2D eigenvalue weighted by atomic mass is 10.1. The molecule has 1 aromatic heterocycles. The van der Waals surface area contributed by atoms with Crippen LogP contribution in [-0.4, -0.2) is 47.6 Å². The zero-order valence-electron chi connectivity index (χ0n) is 20.1. The second-order valence-electron chi connectivity index (χ2n) is 7.53. The monoisotopic (exact) mass is 473 g/mol. The lowest BCUT2D eigenvalue weighted by Gasteiger charge is -2.19. The van der Waals surface area contributed by atoms with E-state index in [1.807, 2.05) is 73.9 Å². The fourth-order valence-electron chi connectivity index (χ4n) is 3.51. The first-order valence-corrected chi connectivity index (χ1v) is 11.1. The van der Waals surface area contributed by atoms with Crippen molar-refractivity contribution >= 4 is 18.0 Å². The third-order valence-electron chi connectivity index (χ3n) is 5.18. The predicted octanol–water partition coefficient (Wildman–Crippen LogP) is 3.60. The molecule has 0 saturated heterocycles. The van der Waals surface area contributed by atoms with E-state index in [4.69, 9.17) is 20.0 Å². The third kappa shape index (κ3) is 7.22. The number of hydrogen-bond acceptors (Lipinski definition) is 7. The molecule has 0 atom stereocenters. The quantitative estimate of drug-likeness (QED) is 0.277. The minimum atomic E-state index is -0.924. The number of rotatable bonds is 11. The molecule has 0 aliphatic carbocycles. The summed E-state index contributed by atoms with van der Waals surface area (Å²) in [4.78, 5) is 26.2. The molecule has 0 N–H and O–H groups in total. The Hall–Kier alpha value is -4.55. The second-order valence-corrected chi connectivity index (χ2v) is 7.53. The van der Waals surface area contributed by atoms with Crippen molar-refractivity contribution in [1.82, 2.24) is 9.47 Å². The van der Waals surface area contributed by atoms with Crippen molar-refractivity contribution in [3.8, 4) is 29.6 Å². The number of nitriles is 3. The predicted molar refractivity (Wildman–Crippen MR) is 128 cm³/mol. The highest BCUT2D eigenvalue weighted by atomic mass is 16.5. The number of ether oxygens (including phenoxy) is 2. The molecule has 0 unspecified atom stereocenters. The fraction of sp³-hybridized carbons (Fsp3) is 0.346. The number of benzene rings is 1. The van der Waals surface area contributed by atoms with Gasteiger partial charge >= 0.3 is 5.97 Å². The average Bonchev–Trinajstić information content (AvgIpc) is 3.14. The summed E-state index contributed by atoms with van der Waals surface area (Å²) in [6.45, 7) is 5.97. The minimum Gasteiger partial charge on any atom is -0.494 e. The van der Waals surface area contributed by atoms with Crippen molar-refractivity contribution in [2.45, 2.75) is 33.6 Å². The highest BCUT2D eigenvalue weighted by Crippen LogP contribution is 2.24. The molecule has 35 heavy (non-hydrogen) atoms.